The Kier molecular flexibility index (Phi) is 6.23. The summed E-state index contributed by atoms with van der Waals surface area (Å²) in [5.74, 6) is 0. The third kappa shape index (κ3) is 4.15. The van der Waals surface area contributed by atoms with Gasteiger partial charge in [0, 0.05) is 78.8 Å². The van der Waals surface area contributed by atoms with Crippen molar-refractivity contribution < 1.29 is 0 Å². The smallest absolute Gasteiger partial charge is 0.0641 e. The maximum Gasteiger partial charge on any atom is 0.0641 e. The number of hydrogen-bond acceptors (Lipinski definition) is 2. The van der Waals surface area contributed by atoms with Crippen LogP contribution in [-0.4, -0.2) is 9.13 Å². The van der Waals surface area contributed by atoms with E-state index in [4.69, 9.17) is 0 Å². The molecule has 4 heterocycles. The summed E-state index contributed by atoms with van der Waals surface area (Å²) < 4.78 is 10.3. The Hall–Kier alpha value is -6.72. The summed E-state index contributed by atoms with van der Waals surface area (Å²) in [6, 6.07) is 67.6. The highest BCUT2D eigenvalue weighted by Crippen LogP contribution is 2.47. The third-order valence-corrected chi connectivity index (χ3v) is 14.2. The van der Waals surface area contributed by atoms with Crippen LogP contribution in [0.3, 0.4) is 0 Å². The van der Waals surface area contributed by atoms with Crippen LogP contribution in [0.2, 0.25) is 0 Å². The predicted octanol–water partition coefficient (Wildman–Crippen LogP) is 15.4. The van der Waals surface area contributed by atoms with Crippen LogP contribution in [-0.2, 0) is 0 Å². The zero-order valence-corrected chi connectivity index (χ0v) is 31.7. The normalized spacial score (nSPS) is 12.3. The fraction of sp³-hybridized carbons (Fsp3) is 0. The molecule has 0 amide bonds. The summed E-state index contributed by atoms with van der Waals surface area (Å²) >= 11 is 3.79. The lowest BCUT2D eigenvalue weighted by molar-refractivity contribution is 1.18. The van der Waals surface area contributed by atoms with Gasteiger partial charge < -0.3 is 9.13 Å². The van der Waals surface area contributed by atoms with E-state index in [0.717, 1.165) is 0 Å². The number of fused-ring (bicyclic) bond motifs is 14. The molecule has 0 N–H and O–H groups in total. The minimum atomic E-state index is 1.17. The molecule has 0 radical (unpaired) electrons. The van der Waals surface area contributed by atoms with Crippen molar-refractivity contribution in [2.75, 3.05) is 0 Å². The van der Waals surface area contributed by atoms with Crippen molar-refractivity contribution in [2.45, 2.75) is 0 Å². The molecule has 4 aromatic heterocycles. The van der Waals surface area contributed by atoms with E-state index in [9.17, 15) is 0 Å². The molecule has 0 bridgehead atoms. The van der Waals surface area contributed by atoms with Crippen LogP contribution in [0.5, 0.6) is 0 Å². The maximum absolute atomic E-state index is 2.52. The molecule has 13 rings (SSSR count). The number of rotatable bonds is 3. The number of thiophene rings is 2. The first-order chi connectivity index (χ1) is 27.8. The molecule has 2 nitrogen and oxygen atoms in total. The van der Waals surface area contributed by atoms with E-state index in [1.807, 2.05) is 22.7 Å². The molecule has 13 aromatic rings. The molecule has 0 unspecified atom stereocenters. The van der Waals surface area contributed by atoms with Gasteiger partial charge in [0.05, 0.1) is 22.1 Å². The van der Waals surface area contributed by atoms with Gasteiger partial charge in [-0.2, -0.15) is 0 Å². The van der Waals surface area contributed by atoms with E-state index < -0.39 is 0 Å². The van der Waals surface area contributed by atoms with Crippen LogP contribution in [0.15, 0.2) is 182 Å². The lowest BCUT2D eigenvalue weighted by atomic mass is 9.98. The largest absolute Gasteiger partial charge is 0.309 e. The standard InChI is InChI=1S/C52H30N2S2/c1-2-12-32-29-33(24-23-31(32)11-1)53-44-20-7-4-14-40(44)50-45(53)27-26-37-35-13-3-6-19-43(35)54(51(37)50)34-25-28-47-42(30-34)39-18-9-17-38(52(39)56-47)36-16-10-22-48-49(36)41-15-5-8-21-46(41)55-48/h1-30H. The maximum atomic E-state index is 2.52. The van der Waals surface area contributed by atoms with Gasteiger partial charge in [-0.3, -0.25) is 0 Å². The van der Waals surface area contributed by atoms with E-state index in [2.05, 4.69) is 191 Å². The molecule has 0 saturated heterocycles. The van der Waals surface area contributed by atoms with Gasteiger partial charge in [0.1, 0.15) is 0 Å². The first kappa shape index (κ1) is 30.6. The molecule has 0 aliphatic heterocycles. The summed E-state index contributed by atoms with van der Waals surface area (Å²) in [6.07, 6.45) is 0. The Morgan fingerprint density at radius 3 is 1.89 bits per heavy atom. The third-order valence-electron chi connectivity index (χ3n) is 11.9. The molecule has 0 aliphatic rings. The average molecular weight is 747 g/mol. The molecular formula is C52H30N2S2. The van der Waals surface area contributed by atoms with E-state index in [0.29, 0.717) is 0 Å². The lowest BCUT2D eigenvalue weighted by Crippen LogP contribution is -1.95. The highest BCUT2D eigenvalue weighted by Gasteiger charge is 2.22. The monoisotopic (exact) mass is 746 g/mol. The van der Waals surface area contributed by atoms with Crippen LogP contribution in [0.1, 0.15) is 0 Å². The van der Waals surface area contributed by atoms with Gasteiger partial charge in [-0.05, 0) is 77.0 Å². The van der Waals surface area contributed by atoms with Crippen molar-refractivity contribution in [2.24, 2.45) is 0 Å². The van der Waals surface area contributed by atoms with Gasteiger partial charge >= 0.3 is 0 Å². The zero-order chi connectivity index (χ0) is 36.5. The van der Waals surface area contributed by atoms with Crippen molar-refractivity contribution in [3.8, 4) is 22.5 Å². The minimum Gasteiger partial charge on any atom is -0.309 e. The number of hydrogen-bond donors (Lipinski definition) is 0. The Bertz CT molecular complexity index is 3780. The Labute approximate surface area is 329 Å². The topological polar surface area (TPSA) is 9.86 Å². The highest BCUT2D eigenvalue weighted by molar-refractivity contribution is 7.26. The molecular weight excluding hydrogens is 717 g/mol. The molecule has 260 valence electrons. The Morgan fingerprint density at radius 1 is 0.321 bits per heavy atom. The number of para-hydroxylation sites is 2. The van der Waals surface area contributed by atoms with Crippen LogP contribution in [0.4, 0.5) is 0 Å². The van der Waals surface area contributed by atoms with E-state index >= 15 is 0 Å². The molecule has 0 spiro atoms. The van der Waals surface area contributed by atoms with Crippen molar-refractivity contribution in [3.05, 3.63) is 182 Å². The SMILES string of the molecule is c1ccc2cc(-n3c4ccccc4c4c3ccc3c5ccccc5n(-c5ccc6sc7c(-c8cccc9sc%10ccccc%10c89)cccc7c6c5)c34)ccc2c1. The predicted molar refractivity (Wildman–Crippen MR) is 244 cm³/mol. The first-order valence-electron chi connectivity index (χ1n) is 19.1. The van der Waals surface area contributed by atoms with Crippen LogP contribution >= 0.6 is 22.7 Å². The Balaban J connectivity index is 1.09. The van der Waals surface area contributed by atoms with Gasteiger partial charge in [-0.25, -0.2) is 0 Å². The summed E-state index contributed by atoms with van der Waals surface area (Å²) in [4.78, 5) is 0. The zero-order valence-electron chi connectivity index (χ0n) is 30.0. The summed E-state index contributed by atoms with van der Waals surface area (Å²) in [6.45, 7) is 0. The van der Waals surface area contributed by atoms with Gasteiger partial charge in [-0.15, -0.1) is 22.7 Å². The van der Waals surface area contributed by atoms with Gasteiger partial charge in [0.25, 0.3) is 0 Å². The highest BCUT2D eigenvalue weighted by atomic mass is 32.1. The van der Waals surface area contributed by atoms with E-state index in [1.165, 1.54) is 117 Å². The van der Waals surface area contributed by atoms with Crippen LogP contribution in [0, 0.1) is 0 Å². The second-order valence-electron chi connectivity index (χ2n) is 14.8. The fourth-order valence-corrected chi connectivity index (χ4v) is 11.9. The second-order valence-corrected chi connectivity index (χ2v) is 17.0. The van der Waals surface area contributed by atoms with Gasteiger partial charge in [0.15, 0.2) is 0 Å². The Morgan fingerprint density at radius 2 is 0.982 bits per heavy atom. The molecule has 9 aromatic carbocycles. The number of nitrogens with zero attached hydrogens (tertiary/aromatic N) is 2. The van der Waals surface area contributed by atoms with Crippen molar-refractivity contribution in [3.63, 3.8) is 0 Å². The van der Waals surface area contributed by atoms with Gasteiger partial charge in [-0.1, -0.05) is 121 Å². The van der Waals surface area contributed by atoms with E-state index in [1.54, 1.807) is 0 Å². The first-order valence-corrected chi connectivity index (χ1v) is 20.7. The summed E-state index contributed by atoms with van der Waals surface area (Å²) in [5.41, 5.74) is 9.84. The molecule has 0 atom stereocenters. The fourth-order valence-electron chi connectivity index (χ4n) is 9.51. The summed E-state index contributed by atoms with van der Waals surface area (Å²) in [7, 11) is 0. The van der Waals surface area contributed by atoms with E-state index in [-0.39, 0.29) is 0 Å². The van der Waals surface area contributed by atoms with Crippen LogP contribution < -0.4 is 0 Å². The molecule has 4 heteroatoms. The quantitative estimate of drug-likeness (QED) is 0.170. The number of benzene rings is 9. The minimum absolute atomic E-state index is 1.17. The van der Waals surface area contributed by atoms with Crippen molar-refractivity contribution in [1.82, 2.24) is 9.13 Å². The average Bonchev–Trinajstić information content (AvgIpc) is 4.01. The van der Waals surface area contributed by atoms with Gasteiger partial charge in [0.2, 0.25) is 0 Å². The molecule has 0 aliphatic carbocycles. The summed E-state index contributed by atoms with van der Waals surface area (Å²) in [5, 5.41) is 12.8. The molecule has 56 heavy (non-hydrogen) atoms. The lowest BCUT2D eigenvalue weighted by Gasteiger charge is -2.11. The van der Waals surface area contributed by atoms with Crippen molar-refractivity contribution in [1.29, 1.82) is 0 Å². The number of aromatic nitrogens is 2. The second kappa shape index (κ2) is 11.4. The van der Waals surface area contributed by atoms with Crippen LogP contribution in [0.25, 0.3) is 117 Å². The molecule has 0 saturated carbocycles. The van der Waals surface area contributed by atoms with Crippen molar-refractivity contribution >= 4 is 117 Å². The molecule has 0 fully saturated rings.